The molecule has 0 bridgehead atoms. The van der Waals surface area contributed by atoms with Gasteiger partial charge < -0.3 is 14.8 Å². The number of carbonyl (C=O) groups is 2. The van der Waals surface area contributed by atoms with Crippen molar-refractivity contribution in [1.82, 2.24) is 29.5 Å². The van der Waals surface area contributed by atoms with Crippen molar-refractivity contribution in [2.24, 2.45) is 0 Å². The summed E-state index contributed by atoms with van der Waals surface area (Å²) in [4.78, 5) is 38.3. The number of aromatic nitrogens is 4. The minimum Gasteiger partial charge on any atom is -0.351 e. The van der Waals surface area contributed by atoms with E-state index in [0.29, 0.717) is 30.9 Å². The number of pyridine rings is 1. The number of benzene rings is 1. The number of likely N-dealkylation sites (tertiary alicyclic amines) is 1. The lowest BCUT2D eigenvalue weighted by molar-refractivity contribution is 0.0695. The smallest absolute Gasteiger partial charge is 0.274 e. The van der Waals surface area contributed by atoms with E-state index < -0.39 is 0 Å². The Bertz CT molecular complexity index is 1380. The Labute approximate surface area is 216 Å². The Morgan fingerprint density at radius 3 is 2.62 bits per heavy atom. The lowest BCUT2D eigenvalue weighted by atomic mass is 10.0. The van der Waals surface area contributed by atoms with Crippen molar-refractivity contribution in [2.45, 2.75) is 51.6 Å². The molecule has 0 aliphatic carbocycles. The summed E-state index contributed by atoms with van der Waals surface area (Å²) >= 11 is 0. The summed E-state index contributed by atoms with van der Waals surface area (Å²) < 4.78 is 2.02. The van der Waals surface area contributed by atoms with E-state index in [4.69, 9.17) is 5.10 Å². The molecule has 6 rings (SSSR count). The van der Waals surface area contributed by atoms with E-state index in [-0.39, 0.29) is 11.8 Å². The van der Waals surface area contributed by atoms with Crippen molar-refractivity contribution in [2.75, 3.05) is 19.6 Å². The zero-order chi connectivity index (χ0) is 25.2. The lowest BCUT2D eigenvalue weighted by Crippen LogP contribution is -2.39. The molecule has 0 spiro atoms. The molecule has 2 amide bonds. The van der Waals surface area contributed by atoms with Gasteiger partial charge in [-0.3, -0.25) is 19.3 Å². The molecule has 4 aromatic rings. The summed E-state index contributed by atoms with van der Waals surface area (Å²) in [6, 6.07) is 13.9. The Balaban J connectivity index is 1.26. The van der Waals surface area contributed by atoms with E-state index in [1.54, 1.807) is 6.20 Å². The van der Waals surface area contributed by atoms with Gasteiger partial charge in [0.1, 0.15) is 5.69 Å². The van der Waals surface area contributed by atoms with Gasteiger partial charge in [0.15, 0.2) is 5.69 Å². The van der Waals surface area contributed by atoms with E-state index >= 15 is 0 Å². The average molecular weight is 497 g/mol. The van der Waals surface area contributed by atoms with Crippen LogP contribution in [-0.2, 0) is 25.9 Å². The predicted octanol–water partition coefficient (Wildman–Crippen LogP) is 4.22. The SMILES string of the molecule is O=C(c1cc2ccccc2[nH]1)N1CCc2c(c(C(=O)N3CCCCC3)nn2CCCc2cccnc2)C1. The van der Waals surface area contributed by atoms with Crippen LogP contribution in [0.15, 0.2) is 54.9 Å². The highest BCUT2D eigenvalue weighted by atomic mass is 16.2. The molecule has 0 saturated carbocycles. The molecule has 1 saturated heterocycles. The number of para-hydroxylation sites is 1. The van der Waals surface area contributed by atoms with E-state index in [0.717, 1.165) is 73.9 Å². The minimum absolute atomic E-state index is 0.00173. The van der Waals surface area contributed by atoms with Gasteiger partial charge in [0, 0.05) is 67.2 Å². The number of carbonyl (C=O) groups excluding carboxylic acids is 2. The third kappa shape index (κ3) is 4.75. The number of nitrogens with zero attached hydrogens (tertiary/aromatic N) is 5. The van der Waals surface area contributed by atoms with Crippen LogP contribution in [0.3, 0.4) is 0 Å². The van der Waals surface area contributed by atoms with Gasteiger partial charge in [-0.25, -0.2) is 0 Å². The number of hydrogen-bond acceptors (Lipinski definition) is 4. The average Bonchev–Trinajstić information content (AvgIpc) is 3.55. The molecule has 0 atom stereocenters. The maximum Gasteiger partial charge on any atom is 0.274 e. The Hall–Kier alpha value is -3.94. The first-order chi connectivity index (χ1) is 18.2. The van der Waals surface area contributed by atoms with Gasteiger partial charge in [-0.1, -0.05) is 24.3 Å². The number of piperidine rings is 1. The monoisotopic (exact) mass is 496 g/mol. The fourth-order valence-corrected chi connectivity index (χ4v) is 5.61. The molecule has 1 N–H and O–H groups in total. The van der Waals surface area contributed by atoms with Crippen molar-refractivity contribution in [3.05, 3.63) is 83.1 Å². The first-order valence-electron chi connectivity index (χ1n) is 13.3. The van der Waals surface area contributed by atoms with Gasteiger partial charge >= 0.3 is 0 Å². The topological polar surface area (TPSA) is 87.1 Å². The second-order valence-electron chi connectivity index (χ2n) is 10.1. The highest BCUT2D eigenvalue weighted by molar-refractivity contribution is 5.98. The van der Waals surface area contributed by atoms with Crippen LogP contribution < -0.4 is 0 Å². The van der Waals surface area contributed by atoms with Crippen LogP contribution in [0.1, 0.15) is 63.5 Å². The second-order valence-corrected chi connectivity index (χ2v) is 10.1. The van der Waals surface area contributed by atoms with Gasteiger partial charge in [-0.2, -0.15) is 5.10 Å². The Morgan fingerprint density at radius 1 is 0.946 bits per heavy atom. The summed E-state index contributed by atoms with van der Waals surface area (Å²) in [5, 5.41) is 5.88. The maximum absolute atomic E-state index is 13.6. The highest BCUT2D eigenvalue weighted by Crippen LogP contribution is 2.27. The van der Waals surface area contributed by atoms with Gasteiger partial charge in [0.25, 0.3) is 11.8 Å². The maximum atomic E-state index is 13.6. The molecule has 8 heteroatoms. The van der Waals surface area contributed by atoms with Crippen LogP contribution in [0.5, 0.6) is 0 Å². The zero-order valence-electron chi connectivity index (χ0n) is 21.0. The molecule has 2 aliphatic rings. The first-order valence-corrected chi connectivity index (χ1v) is 13.3. The summed E-state index contributed by atoms with van der Waals surface area (Å²) in [6.07, 6.45) is 9.42. The van der Waals surface area contributed by atoms with E-state index in [9.17, 15) is 9.59 Å². The molecule has 8 nitrogen and oxygen atoms in total. The lowest BCUT2D eigenvalue weighted by Gasteiger charge is -2.29. The summed E-state index contributed by atoms with van der Waals surface area (Å²) in [5.41, 5.74) is 5.25. The molecular formula is C29H32N6O2. The first kappa shape index (κ1) is 23.5. The zero-order valence-corrected chi connectivity index (χ0v) is 21.0. The van der Waals surface area contributed by atoms with Gasteiger partial charge in [0.2, 0.25) is 0 Å². The van der Waals surface area contributed by atoms with Crippen molar-refractivity contribution >= 4 is 22.7 Å². The number of amides is 2. The van der Waals surface area contributed by atoms with Crippen molar-refractivity contribution < 1.29 is 9.59 Å². The molecule has 37 heavy (non-hydrogen) atoms. The van der Waals surface area contributed by atoms with E-state index in [2.05, 4.69) is 16.0 Å². The van der Waals surface area contributed by atoms with Crippen LogP contribution in [-0.4, -0.2) is 61.0 Å². The number of nitrogens with one attached hydrogen (secondary N) is 1. The number of hydrogen-bond donors (Lipinski definition) is 1. The van der Waals surface area contributed by atoms with Crippen LogP contribution in [0.2, 0.25) is 0 Å². The van der Waals surface area contributed by atoms with Crippen LogP contribution in [0.4, 0.5) is 0 Å². The molecule has 2 aliphatic heterocycles. The van der Waals surface area contributed by atoms with Gasteiger partial charge in [0.05, 0.1) is 6.54 Å². The van der Waals surface area contributed by atoms with Crippen molar-refractivity contribution in [3.63, 3.8) is 0 Å². The van der Waals surface area contributed by atoms with Crippen molar-refractivity contribution in [1.29, 1.82) is 0 Å². The summed E-state index contributed by atoms with van der Waals surface area (Å²) in [5.74, 6) is -0.0376. The molecule has 5 heterocycles. The van der Waals surface area contributed by atoms with Crippen LogP contribution >= 0.6 is 0 Å². The second kappa shape index (κ2) is 10.2. The normalized spacial score (nSPS) is 15.7. The predicted molar refractivity (Wildman–Crippen MR) is 141 cm³/mol. The van der Waals surface area contributed by atoms with Gasteiger partial charge in [-0.15, -0.1) is 0 Å². The Kier molecular flexibility index (Phi) is 6.47. The molecule has 3 aromatic heterocycles. The molecule has 1 aromatic carbocycles. The number of aromatic amines is 1. The standard InChI is InChI=1S/C29H32N6O2/c36-28(25-18-22-10-2-3-11-24(22)31-25)34-17-12-26-23(20-34)27(29(37)33-14-4-1-5-15-33)32-35(26)16-7-9-21-8-6-13-30-19-21/h2-3,6,8,10-11,13,18-19,31H,1,4-5,7,9,12,14-17,20H2. The van der Waals surface area contributed by atoms with E-state index in [1.807, 2.05) is 57.1 Å². The molecular weight excluding hydrogens is 464 g/mol. The minimum atomic E-state index is -0.0393. The summed E-state index contributed by atoms with van der Waals surface area (Å²) in [6.45, 7) is 3.30. The largest absolute Gasteiger partial charge is 0.351 e. The number of H-pyrrole nitrogens is 1. The molecule has 0 radical (unpaired) electrons. The van der Waals surface area contributed by atoms with Crippen molar-refractivity contribution in [3.8, 4) is 0 Å². The number of aryl methyl sites for hydroxylation is 2. The van der Waals surface area contributed by atoms with Crippen LogP contribution in [0, 0.1) is 0 Å². The van der Waals surface area contributed by atoms with Crippen LogP contribution in [0.25, 0.3) is 10.9 Å². The quantitative estimate of drug-likeness (QED) is 0.433. The third-order valence-corrected chi connectivity index (χ3v) is 7.59. The highest BCUT2D eigenvalue weighted by Gasteiger charge is 2.33. The fraction of sp³-hybridized carbons (Fsp3) is 0.379. The Morgan fingerprint density at radius 2 is 1.81 bits per heavy atom. The number of rotatable bonds is 6. The van der Waals surface area contributed by atoms with Gasteiger partial charge in [-0.05, 0) is 55.9 Å². The third-order valence-electron chi connectivity index (χ3n) is 7.59. The summed E-state index contributed by atoms with van der Waals surface area (Å²) in [7, 11) is 0. The number of fused-ring (bicyclic) bond motifs is 2. The molecule has 0 unspecified atom stereocenters. The molecule has 190 valence electrons. The molecule has 1 fully saturated rings. The van der Waals surface area contributed by atoms with E-state index in [1.165, 1.54) is 5.56 Å². The fourth-order valence-electron chi connectivity index (χ4n) is 5.61.